The summed E-state index contributed by atoms with van der Waals surface area (Å²) in [4.78, 5) is 4.06. The molecule has 3 rings (SSSR count). The zero-order valence-corrected chi connectivity index (χ0v) is 12.8. The van der Waals surface area contributed by atoms with Crippen LogP contribution in [0.4, 0.5) is 5.69 Å². The minimum Gasteiger partial charge on any atom is -0.381 e. The minimum atomic E-state index is 0.467. The molecule has 0 aliphatic rings. The molecule has 1 N–H and O–H groups in total. The Hall–Kier alpha value is -2.38. The van der Waals surface area contributed by atoms with E-state index in [1.54, 1.807) is 6.20 Å². The number of anilines is 1. The first-order valence-electron chi connectivity index (χ1n) is 6.53. The third-order valence-electron chi connectivity index (χ3n) is 3.28. The lowest BCUT2D eigenvalue weighted by Gasteiger charge is -2.08. The van der Waals surface area contributed by atoms with E-state index in [0.717, 1.165) is 15.7 Å². The van der Waals surface area contributed by atoms with Gasteiger partial charge in [-0.3, -0.25) is 0 Å². The van der Waals surface area contributed by atoms with Crippen LogP contribution in [0.15, 0.2) is 59.2 Å². The summed E-state index contributed by atoms with van der Waals surface area (Å²) in [5.41, 5.74) is 2.39. The molecule has 0 unspecified atom stereocenters. The average molecular weight is 338 g/mol. The van der Waals surface area contributed by atoms with Gasteiger partial charge < -0.3 is 5.32 Å². The Bertz CT molecular complexity index is 837. The summed E-state index contributed by atoms with van der Waals surface area (Å²) in [5, 5.41) is 14.7. The fourth-order valence-electron chi connectivity index (χ4n) is 2.21. The molecular weight excluding hydrogens is 326 g/mol. The van der Waals surface area contributed by atoms with Gasteiger partial charge in [0.05, 0.1) is 0 Å². The highest BCUT2D eigenvalue weighted by atomic mass is 79.9. The quantitative estimate of drug-likeness (QED) is 0.766. The summed E-state index contributed by atoms with van der Waals surface area (Å²) in [7, 11) is 0. The van der Waals surface area contributed by atoms with Crippen molar-refractivity contribution in [1.29, 1.82) is 5.26 Å². The Balaban J connectivity index is 1.82. The smallest absolute Gasteiger partial charge is 0.145 e. The second kappa shape index (κ2) is 5.94. The molecule has 0 radical (unpaired) electrons. The zero-order valence-electron chi connectivity index (χ0n) is 11.2. The van der Waals surface area contributed by atoms with Crippen molar-refractivity contribution in [2.75, 3.05) is 5.32 Å². The van der Waals surface area contributed by atoms with Crippen LogP contribution in [-0.4, -0.2) is 4.98 Å². The lowest BCUT2D eigenvalue weighted by Crippen LogP contribution is -2.02. The third kappa shape index (κ3) is 3.04. The van der Waals surface area contributed by atoms with Gasteiger partial charge in [-0.15, -0.1) is 0 Å². The molecule has 0 aliphatic heterocycles. The van der Waals surface area contributed by atoms with E-state index < -0.39 is 0 Å². The van der Waals surface area contributed by atoms with E-state index in [-0.39, 0.29) is 0 Å². The standard InChI is InChI=1S/C17H12BrN3/c18-15-5-3-13-9-16(6-4-12(13)8-15)21-11-14-2-1-7-20-17(14)10-19/h1-9,21H,11H2. The van der Waals surface area contributed by atoms with E-state index in [9.17, 15) is 0 Å². The van der Waals surface area contributed by atoms with E-state index >= 15 is 0 Å². The number of hydrogen-bond donors (Lipinski definition) is 1. The van der Waals surface area contributed by atoms with Gasteiger partial charge in [-0.25, -0.2) is 4.98 Å². The predicted octanol–water partition coefficient (Wildman–Crippen LogP) is 4.48. The Morgan fingerprint density at radius 3 is 2.76 bits per heavy atom. The van der Waals surface area contributed by atoms with Crippen LogP contribution in [0.5, 0.6) is 0 Å². The van der Waals surface area contributed by atoms with Gasteiger partial charge in [-0.1, -0.05) is 34.1 Å². The monoisotopic (exact) mass is 337 g/mol. The number of aromatic nitrogens is 1. The first-order valence-corrected chi connectivity index (χ1v) is 7.33. The van der Waals surface area contributed by atoms with E-state index in [2.05, 4.69) is 56.6 Å². The van der Waals surface area contributed by atoms with E-state index in [0.29, 0.717) is 12.2 Å². The normalized spacial score (nSPS) is 10.3. The number of hydrogen-bond acceptors (Lipinski definition) is 3. The molecule has 4 heteroatoms. The molecule has 21 heavy (non-hydrogen) atoms. The second-order valence-corrected chi connectivity index (χ2v) is 5.60. The van der Waals surface area contributed by atoms with E-state index in [1.807, 2.05) is 24.3 Å². The molecule has 1 aromatic heterocycles. The Morgan fingerprint density at radius 1 is 1.10 bits per heavy atom. The highest BCUT2D eigenvalue weighted by Gasteiger charge is 2.02. The van der Waals surface area contributed by atoms with Crippen LogP contribution in [0, 0.1) is 11.3 Å². The molecule has 0 spiro atoms. The number of benzene rings is 2. The SMILES string of the molecule is N#Cc1ncccc1CNc1ccc2cc(Br)ccc2c1. The van der Waals surface area contributed by atoms with Crippen molar-refractivity contribution < 1.29 is 0 Å². The fraction of sp³-hybridized carbons (Fsp3) is 0.0588. The van der Waals surface area contributed by atoms with Crippen molar-refractivity contribution in [2.24, 2.45) is 0 Å². The van der Waals surface area contributed by atoms with Crippen molar-refractivity contribution >= 4 is 32.4 Å². The number of nitrogens with zero attached hydrogens (tertiary/aromatic N) is 2. The maximum absolute atomic E-state index is 9.04. The molecule has 0 bridgehead atoms. The van der Waals surface area contributed by atoms with Crippen molar-refractivity contribution in [3.63, 3.8) is 0 Å². The predicted molar refractivity (Wildman–Crippen MR) is 87.9 cm³/mol. The van der Waals surface area contributed by atoms with Gasteiger partial charge in [0, 0.05) is 28.5 Å². The summed E-state index contributed by atoms with van der Waals surface area (Å²) in [6.07, 6.45) is 1.63. The van der Waals surface area contributed by atoms with Crippen LogP contribution in [0.3, 0.4) is 0 Å². The van der Waals surface area contributed by atoms with Crippen LogP contribution in [0.25, 0.3) is 10.8 Å². The lowest BCUT2D eigenvalue weighted by molar-refractivity contribution is 1.09. The minimum absolute atomic E-state index is 0.467. The van der Waals surface area contributed by atoms with E-state index in [1.165, 1.54) is 10.8 Å². The van der Waals surface area contributed by atoms with Crippen molar-refractivity contribution in [1.82, 2.24) is 4.98 Å². The fourth-order valence-corrected chi connectivity index (χ4v) is 2.58. The summed E-state index contributed by atoms with van der Waals surface area (Å²) >= 11 is 3.47. The highest BCUT2D eigenvalue weighted by molar-refractivity contribution is 9.10. The molecule has 3 aromatic rings. The second-order valence-electron chi connectivity index (χ2n) is 4.68. The Morgan fingerprint density at radius 2 is 1.90 bits per heavy atom. The van der Waals surface area contributed by atoms with Crippen LogP contribution in [0.2, 0.25) is 0 Å². The van der Waals surface area contributed by atoms with Gasteiger partial charge in [0.1, 0.15) is 11.8 Å². The molecule has 0 aliphatic carbocycles. The molecule has 0 atom stereocenters. The Kier molecular flexibility index (Phi) is 3.85. The third-order valence-corrected chi connectivity index (χ3v) is 3.78. The number of nitrogens with one attached hydrogen (secondary N) is 1. The molecule has 102 valence electrons. The molecule has 3 nitrogen and oxygen atoms in total. The van der Waals surface area contributed by atoms with Gasteiger partial charge in [0.25, 0.3) is 0 Å². The number of nitriles is 1. The largest absolute Gasteiger partial charge is 0.381 e. The summed E-state index contributed by atoms with van der Waals surface area (Å²) in [6, 6.07) is 18.3. The molecule has 0 saturated carbocycles. The topological polar surface area (TPSA) is 48.7 Å². The van der Waals surface area contributed by atoms with Crippen molar-refractivity contribution in [2.45, 2.75) is 6.54 Å². The van der Waals surface area contributed by atoms with Gasteiger partial charge in [-0.05, 0) is 41.1 Å². The van der Waals surface area contributed by atoms with E-state index in [4.69, 9.17) is 5.26 Å². The molecular formula is C17H12BrN3. The molecule has 0 amide bonds. The number of fused-ring (bicyclic) bond motifs is 1. The highest BCUT2D eigenvalue weighted by Crippen LogP contribution is 2.23. The van der Waals surface area contributed by atoms with Gasteiger partial charge in [0.2, 0.25) is 0 Å². The molecule has 2 aromatic carbocycles. The lowest BCUT2D eigenvalue weighted by atomic mass is 10.1. The van der Waals surface area contributed by atoms with Crippen LogP contribution in [-0.2, 0) is 6.54 Å². The maximum Gasteiger partial charge on any atom is 0.145 e. The van der Waals surface area contributed by atoms with Crippen LogP contribution >= 0.6 is 15.9 Å². The maximum atomic E-state index is 9.04. The number of rotatable bonds is 3. The first kappa shape index (κ1) is 13.6. The molecule has 1 heterocycles. The number of halogens is 1. The molecule has 0 fully saturated rings. The van der Waals surface area contributed by atoms with Crippen molar-refractivity contribution in [3.05, 3.63) is 70.5 Å². The van der Waals surface area contributed by atoms with Crippen molar-refractivity contribution in [3.8, 4) is 6.07 Å². The summed E-state index contributed by atoms with van der Waals surface area (Å²) < 4.78 is 1.07. The van der Waals surface area contributed by atoms with Crippen LogP contribution in [0.1, 0.15) is 11.3 Å². The summed E-state index contributed by atoms with van der Waals surface area (Å²) in [5.74, 6) is 0. The van der Waals surface area contributed by atoms with Gasteiger partial charge >= 0.3 is 0 Å². The Labute approximate surface area is 131 Å². The van der Waals surface area contributed by atoms with Gasteiger partial charge in [0.15, 0.2) is 0 Å². The zero-order chi connectivity index (χ0) is 14.7. The van der Waals surface area contributed by atoms with Gasteiger partial charge in [-0.2, -0.15) is 5.26 Å². The number of pyridine rings is 1. The molecule has 0 saturated heterocycles. The summed E-state index contributed by atoms with van der Waals surface area (Å²) in [6.45, 7) is 0.582. The first-order chi connectivity index (χ1) is 10.3. The van der Waals surface area contributed by atoms with Crippen LogP contribution < -0.4 is 5.32 Å². The average Bonchev–Trinajstić information content (AvgIpc) is 2.53.